The van der Waals surface area contributed by atoms with Crippen LogP contribution in [0.2, 0.25) is 0 Å². The summed E-state index contributed by atoms with van der Waals surface area (Å²) in [5, 5.41) is 18.7. The second-order valence-corrected chi connectivity index (χ2v) is 5.28. The third-order valence-corrected chi connectivity index (χ3v) is 3.80. The number of rotatable bonds is 3. The molecule has 0 heterocycles. The molecule has 0 aliphatic heterocycles. The van der Waals surface area contributed by atoms with E-state index in [0.717, 1.165) is 22.3 Å². The second kappa shape index (κ2) is 7.09. The third kappa shape index (κ3) is 3.09. The minimum Gasteiger partial charge on any atom is -0.192 e. The maximum absolute atomic E-state index is 9.47. The fraction of sp³-hybridized carbons (Fsp3) is 0. The Kier molecular flexibility index (Phi) is 4.52. The first-order chi connectivity index (χ1) is 11.8. The molecule has 112 valence electrons. The van der Waals surface area contributed by atoms with Crippen molar-refractivity contribution in [2.75, 3.05) is 0 Å². The number of hydrogen-bond acceptors (Lipinski definition) is 2. The summed E-state index contributed by atoms with van der Waals surface area (Å²) in [5.41, 5.74) is 4.66. The van der Waals surface area contributed by atoms with Crippen molar-refractivity contribution in [1.82, 2.24) is 0 Å². The van der Waals surface area contributed by atoms with Gasteiger partial charge in [0.15, 0.2) is 0 Å². The number of benzene rings is 3. The van der Waals surface area contributed by atoms with Gasteiger partial charge in [0, 0.05) is 5.56 Å². The smallest absolute Gasteiger partial charge is 0.101 e. The second-order valence-electron chi connectivity index (χ2n) is 5.28. The molecular formula is C22H14N2. The van der Waals surface area contributed by atoms with E-state index in [-0.39, 0.29) is 0 Å². The predicted molar refractivity (Wildman–Crippen MR) is 96.7 cm³/mol. The van der Waals surface area contributed by atoms with Gasteiger partial charge in [0.2, 0.25) is 0 Å². The zero-order chi connectivity index (χ0) is 16.8. The average Bonchev–Trinajstić information content (AvgIpc) is 2.66. The summed E-state index contributed by atoms with van der Waals surface area (Å²) in [6, 6.07) is 27.6. The molecule has 0 radical (unpaired) electrons. The monoisotopic (exact) mass is 306 g/mol. The predicted octanol–water partition coefficient (Wildman–Crippen LogP) is 5.27. The van der Waals surface area contributed by atoms with E-state index in [0.29, 0.717) is 11.1 Å². The first-order valence-corrected chi connectivity index (χ1v) is 7.59. The molecule has 0 saturated heterocycles. The van der Waals surface area contributed by atoms with Gasteiger partial charge in [-0.2, -0.15) is 10.5 Å². The van der Waals surface area contributed by atoms with Crippen LogP contribution >= 0.6 is 0 Å². The van der Waals surface area contributed by atoms with Gasteiger partial charge in [-0.25, -0.2) is 0 Å². The van der Waals surface area contributed by atoms with Gasteiger partial charge in [-0.1, -0.05) is 78.9 Å². The van der Waals surface area contributed by atoms with Crippen LogP contribution in [0.15, 0.2) is 72.8 Å². The average molecular weight is 306 g/mol. The molecule has 3 aromatic carbocycles. The molecule has 0 fully saturated rings. The van der Waals surface area contributed by atoms with E-state index in [1.807, 2.05) is 78.9 Å². The van der Waals surface area contributed by atoms with Crippen molar-refractivity contribution in [3.05, 3.63) is 95.1 Å². The van der Waals surface area contributed by atoms with Crippen molar-refractivity contribution in [3.8, 4) is 23.3 Å². The Morgan fingerprint density at radius 2 is 1.33 bits per heavy atom. The van der Waals surface area contributed by atoms with Gasteiger partial charge in [-0.3, -0.25) is 0 Å². The fourth-order valence-corrected chi connectivity index (χ4v) is 2.63. The number of nitrogens with zero attached hydrogens (tertiary/aromatic N) is 2. The minimum atomic E-state index is 0.400. The van der Waals surface area contributed by atoms with E-state index in [1.54, 1.807) is 6.07 Å². The summed E-state index contributed by atoms with van der Waals surface area (Å²) in [6.45, 7) is 0. The first-order valence-electron chi connectivity index (χ1n) is 7.59. The topological polar surface area (TPSA) is 47.6 Å². The van der Waals surface area contributed by atoms with Crippen LogP contribution in [0.3, 0.4) is 0 Å². The fourth-order valence-electron chi connectivity index (χ4n) is 2.63. The maximum atomic E-state index is 9.47. The van der Waals surface area contributed by atoms with Crippen LogP contribution in [0.25, 0.3) is 23.3 Å². The lowest BCUT2D eigenvalue weighted by Gasteiger charge is -2.09. The molecule has 0 aromatic heterocycles. The highest BCUT2D eigenvalue weighted by Crippen LogP contribution is 2.29. The van der Waals surface area contributed by atoms with Gasteiger partial charge in [0.1, 0.15) is 12.1 Å². The van der Waals surface area contributed by atoms with E-state index in [9.17, 15) is 10.5 Å². The lowest BCUT2D eigenvalue weighted by Crippen LogP contribution is -1.91. The van der Waals surface area contributed by atoms with E-state index < -0.39 is 0 Å². The molecule has 0 atom stereocenters. The maximum Gasteiger partial charge on any atom is 0.101 e. The molecule has 0 unspecified atom stereocenters. The van der Waals surface area contributed by atoms with Crippen LogP contribution < -0.4 is 0 Å². The van der Waals surface area contributed by atoms with Crippen molar-refractivity contribution >= 4 is 12.2 Å². The Morgan fingerprint density at radius 1 is 0.625 bits per heavy atom. The van der Waals surface area contributed by atoms with Gasteiger partial charge in [-0.15, -0.1) is 0 Å². The van der Waals surface area contributed by atoms with Crippen molar-refractivity contribution in [3.63, 3.8) is 0 Å². The Balaban J connectivity index is 2.10. The SMILES string of the molecule is N#Cc1cccc(-c2ccccc2C=Cc2ccccc2)c1C#N. The van der Waals surface area contributed by atoms with Gasteiger partial charge >= 0.3 is 0 Å². The molecule has 0 aliphatic carbocycles. The van der Waals surface area contributed by atoms with E-state index in [2.05, 4.69) is 12.1 Å². The van der Waals surface area contributed by atoms with Crippen LogP contribution in [-0.4, -0.2) is 0 Å². The Morgan fingerprint density at radius 3 is 2.08 bits per heavy atom. The minimum absolute atomic E-state index is 0.400. The Hall–Kier alpha value is -3.62. The molecule has 0 amide bonds. The number of hydrogen-bond donors (Lipinski definition) is 0. The van der Waals surface area contributed by atoms with Crippen LogP contribution in [0.1, 0.15) is 22.3 Å². The van der Waals surface area contributed by atoms with Crippen molar-refractivity contribution in [2.24, 2.45) is 0 Å². The quantitative estimate of drug-likeness (QED) is 0.619. The molecule has 2 heteroatoms. The zero-order valence-electron chi connectivity index (χ0n) is 13.0. The van der Waals surface area contributed by atoms with Gasteiger partial charge in [0.05, 0.1) is 11.1 Å². The number of nitriles is 2. The summed E-state index contributed by atoms with van der Waals surface area (Å²) >= 11 is 0. The summed E-state index contributed by atoms with van der Waals surface area (Å²) in [7, 11) is 0. The van der Waals surface area contributed by atoms with E-state index in [4.69, 9.17) is 0 Å². The molecule has 0 aliphatic rings. The molecule has 0 saturated carbocycles. The van der Waals surface area contributed by atoms with Crippen LogP contribution in [-0.2, 0) is 0 Å². The third-order valence-electron chi connectivity index (χ3n) is 3.80. The highest BCUT2D eigenvalue weighted by Gasteiger charge is 2.11. The first kappa shape index (κ1) is 15.3. The van der Waals surface area contributed by atoms with Crippen molar-refractivity contribution in [1.29, 1.82) is 10.5 Å². The summed E-state index contributed by atoms with van der Waals surface area (Å²) in [5.74, 6) is 0. The lowest BCUT2D eigenvalue weighted by atomic mass is 9.93. The van der Waals surface area contributed by atoms with Crippen LogP contribution in [0.5, 0.6) is 0 Å². The molecule has 3 aromatic rings. The van der Waals surface area contributed by atoms with Gasteiger partial charge in [0.25, 0.3) is 0 Å². The van der Waals surface area contributed by atoms with Crippen molar-refractivity contribution in [2.45, 2.75) is 0 Å². The van der Waals surface area contributed by atoms with Gasteiger partial charge in [-0.05, 0) is 22.8 Å². The highest BCUT2D eigenvalue weighted by atomic mass is 14.3. The summed E-state index contributed by atoms with van der Waals surface area (Å²) in [4.78, 5) is 0. The molecule has 0 bridgehead atoms. The van der Waals surface area contributed by atoms with E-state index >= 15 is 0 Å². The Labute approximate surface area is 141 Å². The zero-order valence-corrected chi connectivity index (χ0v) is 13.0. The molecule has 2 nitrogen and oxygen atoms in total. The molecular weight excluding hydrogens is 292 g/mol. The largest absolute Gasteiger partial charge is 0.192 e. The van der Waals surface area contributed by atoms with E-state index in [1.165, 1.54) is 0 Å². The standard InChI is InChI=1S/C22H14N2/c23-15-19-10-6-12-21(22(19)16-24)20-11-5-4-9-18(20)14-13-17-7-2-1-3-8-17/h1-14H. The Bertz CT molecular complexity index is 971. The van der Waals surface area contributed by atoms with Gasteiger partial charge < -0.3 is 0 Å². The molecule has 24 heavy (non-hydrogen) atoms. The van der Waals surface area contributed by atoms with Crippen LogP contribution in [0.4, 0.5) is 0 Å². The summed E-state index contributed by atoms with van der Waals surface area (Å²) < 4.78 is 0. The normalized spacial score (nSPS) is 10.2. The van der Waals surface area contributed by atoms with Crippen molar-refractivity contribution < 1.29 is 0 Å². The summed E-state index contributed by atoms with van der Waals surface area (Å²) in [6.07, 6.45) is 4.07. The molecule has 0 N–H and O–H groups in total. The lowest BCUT2D eigenvalue weighted by molar-refractivity contribution is 1.42. The highest BCUT2D eigenvalue weighted by molar-refractivity contribution is 5.84. The molecule has 0 spiro atoms. The van der Waals surface area contributed by atoms with Crippen LogP contribution in [0, 0.1) is 22.7 Å². The molecule has 3 rings (SSSR count).